The van der Waals surface area contributed by atoms with Crippen molar-refractivity contribution in [1.82, 2.24) is 9.97 Å². The van der Waals surface area contributed by atoms with Crippen LogP contribution in [0.5, 0.6) is 0 Å². The second kappa shape index (κ2) is 6.66. The van der Waals surface area contributed by atoms with E-state index in [-0.39, 0.29) is 5.60 Å². The van der Waals surface area contributed by atoms with Crippen molar-refractivity contribution in [2.75, 3.05) is 18.5 Å². The Morgan fingerprint density at radius 1 is 1.37 bits per heavy atom. The van der Waals surface area contributed by atoms with Crippen molar-refractivity contribution >= 4 is 21.7 Å². The monoisotopic (exact) mass is 327 g/mol. The van der Waals surface area contributed by atoms with Gasteiger partial charge in [-0.1, -0.05) is 6.92 Å². The molecule has 0 bridgehead atoms. The number of hydrogen-bond acceptors (Lipinski definition) is 4. The predicted octanol–water partition coefficient (Wildman–Crippen LogP) is 3.87. The van der Waals surface area contributed by atoms with Gasteiger partial charge in [-0.2, -0.15) is 0 Å². The Hall–Kier alpha value is -0.680. The molecule has 1 aromatic rings. The van der Waals surface area contributed by atoms with Crippen LogP contribution in [0.2, 0.25) is 0 Å². The van der Waals surface area contributed by atoms with Crippen molar-refractivity contribution in [2.24, 2.45) is 0 Å². The molecule has 2 rings (SSSR count). The third-order valence-corrected chi connectivity index (χ3v) is 4.11. The Morgan fingerprint density at radius 2 is 2.11 bits per heavy atom. The van der Waals surface area contributed by atoms with Gasteiger partial charge in [0.05, 0.1) is 4.47 Å². The molecule has 5 heteroatoms. The van der Waals surface area contributed by atoms with Gasteiger partial charge in [-0.05, 0) is 55.0 Å². The van der Waals surface area contributed by atoms with Gasteiger partial charge in [-0.15, -0.1) is 0 Å². The first-order chi connectivity index (χ1) is 9.22. The maximum atomic E-state index is 6.01. The van der Waals surface area contributed by atoms with Crippen molar-refractivity contribution in [3.63, 3.8) is 0 Å². The Balaban J connectivity index is 2.27. The molecule has 106 valence electrons. The first-order valence-corrected chi connectivity index (χ1v) is 7.92. The molecule has 1 heterocycles. The highest BCUT2D eigenvalue weighted by Gasteiger charge is 2.39. The van der Waals surface area contributed by atoms with Crippen molar-refractivity contribution in [3.8, 4) is 0 Å². The third-order valence-electron chi connectivity index (χ3n) is 3.53. The minimum Gasteiger partial charge on any atom is -0.369 e. The molecule has 1 N–H and O–H groups in total. The second-order valence-corrected chi connectivity index (χ2v) is 5.81. The van der Waals surface area contributed by atoms with Crippen LogP contribution < -0.4 is 5.32 Å². The maximum Gasteiger partial charge on any atom is 0.162 e. The molecule has 0 unspecified atom stereocenters. The van der Waals surface area contributed by atoms with E-state index in [9.17, 15) is 0 Å². The molecule has 0 radical (unpaired) electrons. The van der Waals surface area contributed by atoms with Gasteiger partial charge in [0.25, 0.3) is 0 Å². The molecule has 0 amide bonds. The van der Waals surface area contributed by atoms with Gasteiger partial charge < -0.3 is 10.1 Å². The summed E-state index contributed by atoms with van der Waals surface area (Å²) in [6.07, 6.45) is 7.33. The minimum atomic E-state index is -0.266. The average Bonchev–Trinajstić information content (AvgIpc) is 2.88. The van der Waals surface area contributed by atoms with Crippen LogP contribution in [0, 0.1) is 0 Å². The summed E-state index contributed by atoms with van der Waals surface area (Å²) in [6, 6.07) is 0. The number of ether oxygens (including phenoxy) is 1. The minimum absolute atomic E-state index is 0.266. The topological polar surface area (TPSA) is 47.0 Å². The number of nitrogens with zero attached hydrogens (tertiary/aromatic N) is 2. The number of nitrogens with one attached hydrogen (secondary N) is 1. The Kier molecular flexibility index (Phi) is 5.16. The fraction of sp³-hybridized carbons (Fsp3) is 0.714. The van der Waals surface area contributed by atoms with Crippen LogP contribution in [0.4, 0.5) is 5.82 Å². The van der Waals surface area contributed by atoms with Gasteiger partial charge in [0, 0.05) is 19.3 Å². The van der Waals surface area contributed by atoms with E-state index in [1.165, 1.54) is 12.8 Å². The normalized spacial score (nSPS) is 17.6. The van der Waals surface area contributed by atoms with E-state index in [1.807, 2.05) is 13.1 Å². The summed E-state index contributed by atoms with van der Waals surface area (Å²) in [5.74, 6) is 1.70. The van der Waals surface area contributed by atoms with E-state index < -0.39 is 0 Å². The maximum absolute atomic E-state index is 6.01. The highest BCUT2D eigenvalue weighted by atomic mass is 79.9. The fourth-order valence-corrected chi connectivity index (χ4v) is 2.94. The molecule has 4 nitrogen and oxygen atoms in total. The molecule has 1 fully saturated rings. The summed E-state index contributed by atoms with van der Waals surface area (Å²) in [5, 5.41) is 3.33. The van der Waals surface area contributed by atoms with Gasteiger partial charge in [0.1, 0.15) is 11.4 Å². The van der Waals surface area contributed by atoms with Crippen LogP contribution in [-0.4, -0.2) is 23.1 Å². The summed E-state index contributed by atoms with van der Waals surface area (Å²) >= 11 is 3.50. The molecule has 1 saturated carbocycles. The summed E-state index contributed by atoms with van der Waals surface area (Å²) < 4.78 is 6.92. The second-order valence-electron chi connectivity index (χ2n) is 4.95. The lowest BCUT2D eigenvalue weighted by Gasteiger charge is -2.27. The van der Waals surface area contributed by atoms with Crippen LogP contribution in [0.1, 0.15) is 51.8 Å². The number of anilines is 1. The lowest BCUT2D eigenvalue weighted by atomic mass is 10.0. The standard InChI is InChI=1S/C14H22BrN3O/c1-3-9-16-12-11(15)10-17-13(18-12)14(19-4-2)7-5-6-8-14/h10H,3-9H2,1-2H3,(H,16,17,18). The summed E-state index contributed by atoms with van der Waals surface area (Å²) in [4.78, 5) is 9.19. The van der Waals surface area contributed by atoms with Crippen LogP contribution in [0.15, 0.2) is 10.7 Å². The van der Waals surface area contributed by atoms with Gasteiger partial charge in [0.2, 0.25) is 0 Å². The highest BCUT2D eigenvalue weighted by molar-refractivity contribution is 9.10. The number of aromatic nitrogens is 2. The molecule has 19 heavy (non-hydrogen) atoms. The number of halogens is 1. The van der Waals surface area contributed by atoms with E-state index in [0.29, 0.717) is 6.61 Å². The zero-order valence-corrected chi connectivity index (χ0v) is 13.3. The van der Waals surface area contributed by atoms with Crippen molar-refractivity contribution in [3.05, 3.63) is 16.5 Å². The lowest BCUT2D eigenvalue weighted by molar-refractivity contribution is -0.0456. The third kappa shape index (κ3) is 3.26. The molecule has 1 aliphatic rings. The zero-order valence-electron chi connectivity index (χ0n) is 11.7. The Bertz CT molecular complexity index is 419. The molecule has 0 aromatic carbocycles. The predicted molar refractivity (Wildman–Crippen MR) is 80.3 cm³/mol. The highest BCUT2D eigenvalue weighted by Crippen LogP contribution is 2.41. The lowest BCUT2D eigenvalue weighted by Crippen LogP contribution is -2.29. The number of rotatable bonds is 6. The van der Waals surface area contributed by atoms with Crippen LogP contribution in [0.25, 0.3) is 0 Å². The Labute approximate surface area is 123 Å². The summed E-state index contributed by atoms with van der Waals surface area (Å²) in [5.41, 5.74) is -0.266. The molecular formula is C14H22BrN3O. The van der Waals surface area contributed by atoms with Crippen LogP contribution >= 0.6 is 15.9 Å². The molecule has 0 aliphatic heterocycles. The van der Waals surface area contributed by atoms with E-state index in [2.05, 4.69) is 38.1 Å². The van der Waals surface area contributed by atoms with Gasteiger partial charge in [0.15, 0.2) is 5.82 Å². The van der Waals surface area contributed by atoms with Gasteiger partial charge >= 0.3 is 0 Å². The fourth-order valence-electron chi connectivity index (χ4n) is 2.61. The van der Waals surface area contributed by atoms with Crippen LogP contribution in [-0.2, 0) is 10.3 Å². The molecule has 1 aromatic heterocycles. The number of hydrogen-bond donors (Lipinski definition) is 1. The zero-order chi connectivity index (χ0) is 13.7. The first-order valence-electron chi connectivity index (χ1n) is 7.12. The van der Waals surface area contributed by atoms with Crippen molar-refractivity contribution < 1.29 is 4.74 Å². The molecule has 0 saturated heterocycles. The average molecular weight is 328 g/mol. The summed E-state index contributed by atoms with van der Waals surface area (Å²) in [6.45, 7) is 5.80. The smallest absolute Gasteiger partial charge is 0.162 e. The molecule has 1 aliphatic carbocycles. The van der Waals surface area contributed by atoms with Gasteiger partial charge in [-0.25, -0.2) is 9.97 Å². The first kappa shape index (κ1) is 14.7. The van der Waals surface area contributed by atoms with E-state index in [0.717, 1.165) is 41.9 Å². The van der Waals surface area contributed by atoms with Crippen molar-refractivity contribution in [1.29, 1.82) is 0 Å². The van der Waals surface area contributed by atoms with E-state index in [1.54, 1.807) is 0 Å². The van der Waals surface area contributed by atoms with Crippen LogP contribution in [0.3, 0.4) is 0 Å². The van der Waals surface area contributed by atoms with E-state index >= 15 is 0 Å². The quantitative estimate of drug-likeness (QED) is 0.861. The molecule has 0 spiro atoms. The van der Waals surface area contributed by atoms with Crippen molar-refractivity contribution in [2.45, 2.75) is 51.6 Å². The van der Waals surface area contributed by atoms with Gasteiger partial charge in [-0.3, -0.25) is 0 Å². The Morgan fingerprint density at radius 3 is 2.74 bits per heavy atom. The largest absolute Gasteiger partial charge is 0.369 e. The molecular weight excluding hydrogens is 306 g/mol. The van der Waals surface area contributed by atoms with E-state index in [4.69, 9.17) is 4.74 Å². The summed E-state index contributed by atoms with van der Waals surface area (Å²) in [7, 11) is 0. The SMILES string of the molecule is CCCNc1nc(C2(OCC)CCCC2)ncc1Br. The molecule has 0 atom stereocenters.